The molecular formula is C13H15ClF3N3. The van der Waals surface area contributed by atoms with Crippen molar-refractivity contribution in [2.24, 2.45) is 5.73 Å². The average molecular weight is 306 g/mol. The van der Waals surface area contributed by atoms with Gasteiger partial charge in [-0.15, -0.1) is 12.4 Å². The standard InChI is InChI=1S/C13H14F3N3.ClH/c1-8-11(12(17)13(14,15)16)9(2)19(18-8)10-6-4-3-5-7-10;/h3-7,12H,17H2,1-2H3;1H. The van der Waals surface area contributed by atoms with E-state index in [2.05, 4.69) is 5.10 Å². The Labute approximate surface area is 121 Å². The summed E-state index contributed by atoms with van der Waals surface area (Å²) in [4.78, 5) is 0. The molecule has 3 nitrogen and oxygen atoms in total. The highest BCUT2D eigenvalue weighted by molar-refractivity contribution is 5.85. The molecule has 0 fully saturated rings. The maximum atomic E-state index is 12.7. The molecule has 0 aliphatic rings. The van der Waals surface area contributed by atoms with Crippen LogP contribution in [0.4, 0.5) is 13.2 Å². The van der Waals surface area contributed by atoms with Gasteiger partial charge in [0.15, 0.2) is 0 Å². The van der Waals surface area contributed by atoms with E-state index in [0.717, 1.165) is 0 Å². The van der Waals surface area contributed by atoms with Gasteiger partial charge in [-0.25, -0.2) is 4.68 Å². The molecule has 1 aromatic carbocycles. The zero-order chi connectivity index (χ0) is 14.2. The minimum atomic E-state index is -4.47. The first-order valence-electron chi connectivity index (χ1n) is 5.76. The van der Waals surface area contributed by atoms with Gasteiger partial charge in [-0.2, -0.15) is 18.3 Å². The Balaban J connectivity index is 0.00000200. The molecule has 2 aromatic rings. The number of rotatable bonds is 2. The predicted octanol–water partition coefficient (Wildman–Crippen LogP) is 3.47. The molecule has 7 heteroatoms. The topological polar surface area (TPSA) is 43.8 Å². The third-order valence-corrected chi connectivity index (χ3v) is 3.01. The number of alkyl halides is 3. The number of aromatic nitrogens is 2. The summed E-state index contributed by atoms with van der Waals surface area (Å²) in [5.74, 6) is 0. The van der Waals surface area contributed by atoms with Gasteiger partial charge in [0.05, 0.1) is 11.4 Å². The van der Waals surface area contributed by atoms with Crippen LogP contribution in [0.3, 0.4) is 0 Å². The van der Waals surface area contributed by atoms with Crippen molar-refractivity contribution in [3.63, 3.8) is 0 Å². The summed E-state index contributed by atoms with van der Waals surface area (Å²) < 4.78 is 39.7. The Kier molecular flexibility index (Phi) is 4.83. The smallest absolute Gasteiger partial charge is 0.316 e. The summed E-state index contributed by atoms with van der Waals surface area (Å²) in [5, 5.41) is 4.15. The van der Waals surface area contributed by atoms with Crippen LogP contribution in [0.2, 0.25) is 0 Å². The van der Waals surface area contributed by atoms with E-state index in [-0.39, 0.29) is 18.0 Å². The molecule has 0 amide bonds. The molecule has 0 saturated carbocycles. The molecule has 0 spiro atoms. The third-order valence-electron chi connectivity index (χ3n) is 3.01. The van der Waals surface area contributed by atoms with Crippen molar-refractivity contribution in [3.8, 4) is 5.69 Å². The van der Waals surface area contributed by atoms with Crippen LogP contribution in [0.1, 0.15) is 23.0 Å². The Bertz CT molecular complexity index is 579. The lowest BCUT2D eigenvalue weighted by Gasteiger charge is -2.16. The van der Waals surface area contributed by atoms with Crippen LogP contribution < -0.4 is 5.73 Å². The quantitative estimate of drug-likeness (QED) is 0.923. The van der Waals surface area contributed by atoms with E-state index in [4.69, 9.17) is 5.73 Å². The minimum absolute atomic E-state index is 0. The summed E-state index contributed by atoms with van der Waals surface area (Å²) >= 11 is 0. The summed E-state index contributed by atoms with van der Waals surface area (Å²) in [6.07, 6.45) is -4.47. The van der Waals surface area contributed by atoms with Crippen LogP contribution in [0.15, 0.2) is 30.3 Å². The summed E-state index contributed by atoms with van der Waals surface area (Å²) in [7, 11) is 0. The van der Waals surface area contributed by atoms with E-state index < -0.39 is 12.2 Å². The van der Waals surface area contributed by atoms with Gasteiger partial charge >= 0.3 is 6.18 Å². The fourth-order valence-corrected chi connectivity index (χ4v) is 2.09. The first kappa shape index (κ1) is 16.5. The Morgan fingerprint density at radius 2 is 1.70 bits per heavy atom. The van der Waals surface area contributed by atoms with E-state index in [0.29, 0.717) is 17.1 Å². The van der Waals surface area contributed by atoms with Crippen LogP contribution >= 0.6 is 12.4 Å². The first-order valence-corrected chi connectivity index (χ1v) is 5.76. The van der Waals surface area contributed by atoms with E-state index in [1.807, 2.05) is 6.07 Å². The highest BCUT2D eigenvalue weighted by Gasteiger charge is 2.40. The van der Waals surface area contributed by atoms with Crippen molar-refractivity contribution >= 4 is 12.4 Å². The molecule has 20 heavy (non-hydrogen) atoms. The van der Waals surface area contributed by atoms with E-state index in [1.165, 1.54) is 11.6 Å². The third kappa shape index (κ3) is 2.96. The maximum Gasteiger partial charge on any atom is 0.407 e. The van der Waals surface area contributed by atoms with Gasteiger partial charge in [0, 0.05) is 11.3 Å². The fourth-order valence-electron chi connectivity index (χ4n) is 2.09. The molecule has 110 valence electrons. The van der Waals surface area contributed by atoms with Crippen molar-refractivity contribution in [2.75, 3.05) is 0 Å². The number of hydrogen-bond donors (Lipinski definition) is 1. The second-order valence-electron chi connectivity index (χ2n) is 4.35. The average Bonchev–Trinajstić information content (AvgIpc) is 2.64. The maximum absolute atomic E-state index is 12.7. The first-order chi connectivity index (χ1) is 8.82. The second-order valence-corrected chi connectivity index (χ2v) is 4.35. The van der Waals surface area contributed by atoms with Crippen molar-refractivity contribution in [2.45, 2.75) is 26.1 Å². The van der Waals surface area contributed by atoms with E-state index in [9.17, 15) is 13.2 Å². The molecule has 1 aromatic heterocycles. The molecule has 0 radical (unpaired) electrons. The summed E-state index contributed by atoms with van der Waals surface area (Å²) in [6.45, 7) is 3.13. The van der Waals surface area contributed by atoms with Gasteiger partial charge in [0.2, 0.25) is 0 Å². The van der Waals surface area contributed by atoms with Crippen molar-refractivity contribution in [3.05, 3.63) is 47.3 Å². The van der Waals surface area contributed by atoms with Crippen LogP contribution in [0, 0.1) is 13.8 Å². The fraction of sp³-hybridized carbons (Fsp3) is 0.308. The number of hydrogen-bond acceptors (Lipinski definition) is 2. The molecule has 0 aliphatic heterocycles. The molecule has 0 saturated heterocycles. The molecule has 0 aliphatic carbocycles. The van der Waals surface area contributed by atoms with Gasteiger partial charge in [-0.1, -0.05) is 18.2 Å². The molecule has 2 rings (SSSR count). The summed E-state index contributed by atoms with van der Waals surface area (Å²) in [5.41, 5.74) is 6.74. The Morgan fingerprint density at radius 3 is 2.20 bits per heavy atom. The summed E-state index contributed by atoms with van der Waals surface area (Å²) in [6, 6.07) is 6.98. The van der Waals surface area contributed by atoms with Crippen molar-refractivity contribution in [1.82, 2.24) is 9.78 Å². The molecular weight excluding hydrogens is 291 g/mol. The van der Waals surface area contributed by atoms with Crippen LogP contribution in [0.25, 0.3) is 5.69 Å². The predicted molar refractivity (Wildman–Crippen MR) is 73.3 cm³/mol. The number of halogens is 4. The largest absolute Gasteiger partial charge is 0.407 e. The normalized spacial score (nSPS) is 12.9. The second kappa shape index (κ2) is 5.85. The number of benzene rings is 1. The lowest BCUT2D eigenvalue weighted by Crippen LogP contribution is -2.29. The van der Waals surface area contributed by atoms with E-state index in [1.54, 1.807) is 31.2 Å². The van der Waals surface area contributed by atoms with Crippen LogP contribution in [-0.2, 0) is 0 Å². The van der Waals surface area contributed by atoms with Crippen molar-refractivity contribution in [1.29, 1.82) is 0 Å². The molecule has 1 atom stereocenters. The van der Waals surface area contributed by atoms with Crippen molar-refractivity contribution < 1.29 is 13.2 Å². The molecule has 1 unspecified atom stereocenters. The van der Waals surface area contributed by atoms with Gasteiger partial charge in [-0.3, -0.25) is 0 Å². The number of nitrogens with two attached hydrogens (primary N) is 1. The highest BCUT2D eigenvalue weighted by atomic mass is 35.5. The van der Waals surface area contributed by atoms with Gasteiger partial charge < -0.3 is 5.73 Å². The van der Waals surface area contributed by atoms with Gasteiger partial charge in [0.1, 0.15) is 6.04 Å². The van der Waals surface area contributed by atoms with Crippen LogP contribution in [0.5, 0.6) is 0 Å². The Hall–Kier alpha value is -1.53. The minimum Gasteiger partial charge on any atom is -0.316 e. The van der Waals surface area contributed by atoms with E-state index >= 15 is 0 Å². The lowest BCUT2D eigenvalue weighted by atomic mass is 10.1. The zero-order valence-electron chi connectivity index (χ0n) is 11.0. The number of aryl methyl sites for hydroxylation is 1. The number of nitrogens with zero attached hydrogens (tertiary/aromatic N) is 2. The monoisotopic (exact) mass is 305 g/mol. The molecule has 0 bridgehead atoms. The van der Waals surface area contributed by atoms with Gasteiger partial charge in [0.25, 0.3) is 0 Å². The molecule has 1 heterocycles. The van der Waals surface area contributed by atoms with Gasteiger partial charge in [-0.05, 0) is 26.0 Å². The SMILES string of the molecule is Cc1nn(-c2ccccc2)c(C)c1C(N)C(F)(F)F.Cl. The molecule has 2 N–H and O–H groups in total. The highest BCUT2D eigenvalue weighted by Crippen LogP contribution is 2.34. The Morgan fingerprint density at radius 1 is 1.15 bits per heavy atom. The number of para-hydroxylation sites is 1. The lowest BCUT2D eigenvalue weighted by molar-refractivity contribution is -0.149. The van der Waals surface area contributed by atoms with Crippen LogP contribution in [-0.4, -0.2) is 16.0 Å². The zero-order valence-corrected chi connectivity index (χ0v) is 11.8.